The Hall–Kier alpha value is -3.74. The topological polar surface area (TPSA) is 90.1 Å². The highest BCUT2D eigenvalue weighted by Gasteiger charge is 2.12. The smallest absolute Gasteiger partial charge is 0.274 e. The summed E-state index contributed by atoms with van der Waals surface area (Å²) in [4.78, 5) is 25.0. The first-order valence-corrected chi connectivity index (χ1v) is 7.86. The summed E-state index contributed by atoms with van der Waals surface area (Å²) in [6.45, 7) is 0. The van der Waals surface area contributed by atoms with E-state index in [1.807, 2.05) is 12.1 Å². The Labute approximate surface area is 148 Å². The summed E-state index contributed by atoms with van der Waals surface area (Å²) in [7, 11) is 1.50. The molecule has 4 aromatic rings. The molecule has 1 aromatic carbocycles. The lowest BCUT2D eigenvalue weighted by Gasteiger charge is -2.05. The molecule has 0 fully saturated rings. The molecule has 1 amide bonds. The number of nitrogens with zero attached hydrogens (tertiary/aromatic N) is 3. The first-order valence-electron chi connectivity index (χ1n) is 7.86. The van der Waals surface area contributed by atoms with E-state index in [0.29, 0.717) is 28.6 Å². The van der Waals surface area contributed by atoms with Gasteiger partial charge in [0.05, 0.1) is 12.7 Å². The lowest BCUT2D eigenvalue weighted by atomic mass is 10.2. The van der Waals surface area contributed by atoms with Crippen LogP contribution >= 0.6 is 0 Å². The minimum absolute atomic E-state index is 0.264. The van der Waals surface area contributed by atoms with Crippen LogP contribution in [0.5, 0.6) is 5.88 Å². The normalized spacial score (nSPS) is 10.7. The van der Waals surface area contributed by atoms with Crippen molar-refractivity contribution in [3.8, 4) is 17.3 Å². The van der Waals surface area contributed by atoms with Crippen molar-refractivity contribution in [1.82, 2.24) is 15.0 Å². The standard InChI is InChI=1S/C19H14N4O3/c1-25-17-6-2-5-14(22-17)18(24)21-13-7-8-16-15(10-13)23-19(26-16)12-4-3-9-20-11-12/h2-11H,1H3,(H,21,24). The number of nitrogens with one attached hydrogen (secondary N) is 1. The summed E-state index contributed by atoms with van der Waals surface area (Å²) in [5.74, 6) is 0.524. The average molecular weight is 346 g/mol. The van der Waals surface area contributed by atoms with Crippen LogP contribution in [-0.2, 0) is 0 Å². The molecule has 7 nitrogen and oxygen atoms in total. The second kappa shape index (κ2) is 6.64. The Morgan fingerprint density at radius 3 is 2.85 bits per heavy atom. The minimum Gasteiger partial charge on any atom is -0.481 e. The summed E-state index contributed by atoms with van der Waals surface area (Å²) >= 11 is 0. The molecule has 0 aliphatic rings. The molecule has 0 radical (unpaired) electrons. The molecule has 4 rings (SSSR count). The number of rotatable bonds is 4. The zero-order valence-corrected chi connectivity index (χ0v) is 13.8. The highest BCUT2D eigenvalue weighted by atomic mass is 16.5. The predicted molar refractivity (Wildman–Crippen MR) is 96.0 cm³/mol. The Balaban J connectivity index is 1.60. The second-order valence-corrected chi connectivity index (χ2v) is 5.46. The molecule has 0 aliphatic heterocycles. The minimum atomic E-state index is -0.334. The van der Waals surface area contributed by atoms with Crippen LogP contribution in [0.1, 0.15) is 10.5 Å². The van der Waals surface area contributed by atoms with Gasteiger partial charge >= 0.3 is 0 Å². The summed E-state index contributed by atoms with van der Waals surface area (Å²) in [6.07, 6.45) is 3.37. The van der Waals surface area contributed by atoms with Crippen molar-refractivity contribution in [2.45, 2.75) is 0 Å². The van der Waals surface area contributed by atoms with Crippen molar-refractivity contribution in [1.29, 1.82) is 0 Å². The van der Waals surface area contributed by atoms with Gasteiger partial charge in [-0.2, -0.15) is 0 Å². The third-order valence-electron chi connectivity index (χ3n) is 3.72. The number of ether oxygens (including phenoxy) is 1. The van der Waals surface area contributed by atoms with Crippen molar-refractivity contribution < 1.29 is 13.9 Å². The third kappa shape index (κ3) is 3.10. The van der Waals surface area contributed by atoms with Gasteiger partial charge in [0.25, 0.3) is 5.91 Å². The molecule has 26 heavy (non-hydrogen) atoms. The summed E-state index contributed by atoms with van der Waals surface area (Å²) in [5, 5.41) is 2.80. The molecule has 0 aliphatic carbocycles. The monoisotopic (exact) mass is 346 g/mol. The van der Waals surface area contributed by atoms with E-state index in [9.17, 15) is 4.79 Å². The van der Waals surface area contributed by atoms with Gasteiger partial charge in [0, 0.05) is 24.1 Å². The molecule has 0 unspecified atom stereocenters. The van der Waals surface area contributed by atoms with Gasteiger partial charge in [-0.3, -0.25) is 9.78 Å². The Morgan fingerprint density at radius 1 is 1.12 bits per heavy atom. The highest BCUT2D eigenvalue weighted by molar-refractivity contribution is 6.03. The summed E-state index contributed by atoms with van der Waals surface area (Å²) in [6, 6.07) is 13.9. The van der Waals surface area contributed by atoms with E-state index in [4.69, 9.17) is 9.15 Å². The van der Waals surface area contributed by atoms with Gasteiger partial charge in [0.15, 0.2) is 5.58 Å². The van der Waals surface area contributed by atoms with E-state index in [1.165, 1.54) is 7.11 Å². The number of carbonyl (C=O) groups excluding carboxylic acids is 1. The summed E-state index contributed by atoms with van der Waals surface area (Å²) < 4.78 is 10.8. The molecule has 3 aromatic heterocycles. The molecule has 1 N–H and O–H groups in total. The molecular formula is C19H14N4O3. The van der Waals surface area contributed by atoms with E-state index in [-0.39, 0.29) is 11.6 Å². The van der Waals surface area contributed by atoms with Crippen LogP contribution < -0.4 is 10.1 Å². The van der Waals surface area contributed by atoms with Gasteiger partial charge in [-0.25, -0.2) is 9.97 Å². The van der Waals surface area contributed by atoms with Crippen LogP contribution in [0.2, 0.25) is 0 Å². The molecule has 7 heteroatoms. The maximum absolute atomic E-state index is 12.4. The van der Waals surface area contributed by atoms with E-state index in [0.717, 1.165) is 5.56 Å². The number of amides is 1. The van der Waals surface area contributed by atoms with Gasteiger partial charge in [-0.15, -0.1) is 0 Å². The zero-order valence-electron chi connectivity index (χ0n) is 13.8. The number of oxazole rings is 1. The molecule has 0 saturated carbocycles. The highest BCUT2D eigenvalue weighted by Crippen LogP contribution is 2.25. The molecule has 0 spiro atoms. The largest absolute Gasteiger partial charge is 0.481 e. The number of benzene rings is 1. The number of fused-ring (bicyclic) bond motifs is 1. The molecule has 3 heterocycles. The first-order chi connectivity index (χ1) is 12.7. The van der Waals surface area contributed by atoms with Crippen LogP contribution in [0.3, 0.4) is 0 Å². The quantitative estimate of drug-likeness (QED) is 0.608. The number of pyridine rings is 2. The second-order valence-electron chi connectivity index (χ2n) is 5.46. The third-order valence-corrected chi connectivity index (χ3v) is 3.72. The van der Waals surface area contributed by atoms with Gasteiger partial charge in [0.1, 0.15) is 11.2 Å². The van der Waals surface area contributed by atoms with Gasteiger partial charge in [-0.1, -0.05) is 6.07 Å². The lowest BCUT2D eigenvalue weighted by molar-refractivity contribution is 0.102. The van der Waals surface area contributed by atoms with Crippen LogP contribution in [0.4, 0.5) is 5.69 Å². The Bertz CT molecular complexity index is 1080. The van der Waals surface area contributed by atoms with E-state index >= 15 is 0 Å². The molecule has 128 valence electrons. The van der Waals surface area contributed by atoms with Crippen LogP contribution in [-0.4, -0.2) is 28.0 Å². The van der Waals surface area contributed by atoms with Crippen LogP contribution in [0.25, 0.3) is 22.6 Å². The Morgan fingerprint density at radius 2 is 2.04 bits per heavy atom. The van der Waals surface area contributed by atoms with Crippen LogP contribution in [0, 0.1) is 0 Å². The maximum atomic E-state index is 12.4. The molecular weight excluding hydrogens is 332 g/mol. The van der Waals surface area contributed by atoms with Crippen LogP contribution in [0.15, 0.2) is 65.3 Å². The van der Waals surface area contributed by atoms with Gasteiger partial charge in [0.2, 0.25) is 11.8 Å². The number of hydrogen-bond donors (Lipinski definition) is 1. The van der Waals surface area contributed by atoms with Gasteiger partial charge < -0.3 is 14.5 Å². The zero-order chi connectivity index (χ0) is 17.9. The number of anilines is 1. The number of hydrogen-bond acceptors (Lipinski definition) is 6. The SMILES string of the molecule is COc1cccc(C(=O)Nc2ccc3oc(-c4cccnc4)nc3c2)n1. The molecule has 0 saturated heterocycles. The molecule has 0 atom stereocenters. The van der Waals surface area contributed by atoms with E-state index in [1.54, 1.807) is 48.8 Å². The van der Waals surface area contributed by atoms with Crippen molar-refractivity contribution in [2.75, 3.05) is 12.4 Å². The Kier molecular flexibility index (Phi) is 4.03. The van der Waals surface area contributed by atoms with Gasteiger partial charge in [-0.05, 0) is 36.4 Å². The van der Waals surface area contributed by atoms with E-state index in [2.05, 4.69) is 20.3 Å². The van der Waals surface area contributed by atoms with E-state index < -0.39 is 0 Å². The number of methoxy groups -OCH3 is 1. The molecule has 0 bridgehead atoms. The van der Waals surface area contributed by atoms with Crippen molar-refractivity contribution in [2.24, 2.45) is 0 Å². The maximum Gasteiger partial charge on any atom is 0.274 e. The average Bonchev–Trinajstić information content (AvgIpc) is 3.12. The fraction of sp³-hybridized carbons (Fsp3) is 0.0526. The van der Waals surface area contributed by atoms with Crippen molar-refractivity contribution in [3.63, 3.8) is 0 Å². The fourth-order valence-corrected chi connectivity index (χ4v) is 2.47. The first kappa shape index (κ1) is 15.8. The predicted octanol–water partition coefficient (Wildman–Crippen LogP) is 3.55. The summed E-state index contributed by atoms with van der Waals surface area (Å²) in [5.41, 5.74) is 2.91. The lowest BCUT2D eigenvalue weighted by Crippen LogP contribution is -2.13. The van der Waals surface area contributed by atoms with Crippen molar-refractivity contribution in [3.05, 3.63) is 66.6 Å². The number of aromatic nitrogens is 3. The number of carbonyl (C=O) groups is 1. The van der Waals surface area contributed by atoms with Crippen molar-refractivity contribution >= 4 is 22.7 Å². The fourth-order valence-electron chi connectivity index (χ4n) is 2.47.